The highest BCUT2D eigenvalue weighted by Crippen LogP contribution is 2.61. The van der Waals surface area contributed by atoms with Gasteiger partial charge in [-0.1, -0.05) is 36.2 Å². The summed E-state index contributed by atoms with van der Waals surface area (Å²) in [7, 11) is 0. The first kappa shape index (κ1) is 16.2. The second kappa shape index (κ2) is 5.61. The van der Waals surface area contributed by atoms with Gasteiger partial charge in [0.2, 0.25) is 0 Å². The van der Waals surface area contributed by atoms with Crippen molar-refractivity contribution < 1.29 is 9.90 Å². The summed E-state index contributed by atoms with van der Waals surface area (Å²) in [5, 5.41) is 11.8. The summed E-state index contributed by atoms with van der Waals surface area (Å²) in [6, 6.07) is 0. The summed E-state index contributed by atoms with van der Waals surface area (Å²) in [4.78, 5) is 11.9. The zero-order valence-corrected chi connectivity index (χ0v) is 15.0. The summed E-state index contributed by atoms with van der Waals surface area (Å²) in [6.07, 6.45) is 8.24. The smallest absolute Gasteiger partial charge is 0.174 e. The summed E-state index contributed by atoms with van der Waals surface area (Å²) in [5.74, 6) is 2.37. The Labute approximate surface area is 147 Å². The normalized spacial score (nSPS) is 46.7. The minimum absolute atomic E-state index is 0.0947. The second-order valence-corrected chi connectivity index (χ2v) is 8.97. The molecule has 2 nitrogen and oxygen atoms in total. The lowest BCUT2D eigenvalue weighted by Crippen LogP contribution is -2.52. The lowest BCUT2D eigenvalue weighted by Gasteiger charge is -2.57. The van der Waals surface area contributed by atoms with Crippen LogP contribution in [0, 0.1) is 29.1 Å². The molecule has 1 unspecified atom stereocenters. The maximum atomic E-state index is 11.9. The monoisotopic (exact) mass is 354 g/mol. The molecule has 2 saturated carbocycles. The second-order valence-electron chi connectivity index (χ2n) is 8.15. The number of allylic oxidation sites excluding steroid dienone is 3. The molecule has 0 spiro atoms. The van der Waals surface area contributed by atoms with Gasteiger partial charge in [-0.2, -0.15) is 0 Å². The van der Waals surface area contributed by atoms with Gasteiger partial charge in [0.05, 0.1) is 11.1 Å². The molecule has 0 aromatic rings. The summed E-state index contributed by atoms with van der Waals surface area (Å²) < 4.78 is 0. The minimum Gasteiger partial charge on any atom is -0.387 e. The number of hydrogen-bond donors (Lipinski definition) is 1. The lowest BCUT2D eigenvalue weighted by molar-refractivity contribution is -0.117. The highest BCUT2D eigenvalue weighted by Gasteiger charge is 2.55. The molecule has 0 saturated heterocycles. The molecule has 0 radical (unpaired) electrons. The van der Waals surface area contributed by atoms with Crippen molar-refractivity contribution in [2.75, 3.05) is 0 Å². The molecular formula is C19H24Cl2O2. The third kappa shape index (κ3) is 2.28. The molecule has 0 aromatic carbocycles. The zero-order valence-electron chi connectivity index (χ0n) is 13.5. The van der Waals surface area contributed by atoms with Crippen LogP contribution in [0.3, 0.4) is 0 Å². The van der Waals surface area contributed by atoms with Crippen molar-refractivity contribution in [1.82, 2.24) is 0 Å². The number of Topliss-reactive ketones (excluding diaryl/α,β-unsaturated/α-hetero) is 1. The van der Waals surface area contributed by atoms with Crippen molar-refractivity contribution in [3.05, 3.63) is 21.7 Å². The van der Waals surface area contributed by atoms with Crippen LogP contribution in [0.15, 0.2) is 21.7 Å². The van der Waals surface area contributed by atoms with Crippen molar-refractivity contribution in [3.8, 4) is 0 Å². The largest absolute Gasteiger partial charge is 0.387 e. The Morgan fingerprint density at radius 2 is 1.96 bits per heavy atom. The van der Waals surface area contributed by atoms with Crippen LogP contribution in [0.2, 0.25) is 0 Å². The quantitative estimate of drug-likeness (QED) is 0.678. The van der Waals surface area contributed by atoms with E-state index in [9.17, 15) is 9.90 Å². The van der Waals surface area contributed by atoms with Gasteiger partial charge >= 0.3 is 0 Å². The summed E-state index contributed by atoms with van der Waals surface area (Å²) in [5.41, 5.74) is 1.14. The molecule has 4 aliphatic carbocycles. The molecular weight excluding hydrogens is 331 g/mol. The Kier molecular flexibility index (Phi) is 3.94. The molecule has 4 rings (SSSR count). The van der Waals surface area contributed by atoms with Crippen LogP contribution in [0.25, 0.3) is 0 Å². The molecule has 4 heteroatoms. The fraction of sp³-hybridized carbons (Fsp3) is 0.737. The van der Waals surface area contributed by atoms with Crippen LogP contribution < -0.4 is 0 Å². The number of carbonyl (C=O) groups is 1. The minimum atomic E-state index is -0.516. The fourth-order valence-electron chi connectivity index (χ4n) is 6.03. The van der Waals surface area contributed by atoms with E-state index in [-0.39, 0.29) is 11.2 Å². The van der Waals surface area contributed by atoms with E-state index in [1.807, 2.05) is 6.08 Å². The third-order valence-electron chi connectivity index (χ3n) is 7.30. The van der Waals surface area contributed by atoms with Crippen LogP contribution in [-0.4, -0.2) is 17.0 Å². The van der Waals surface area contributed by atoms with E-state index in [0.717, 1.165) is 38.5 Å². The van der Waals surface area contributed by atoms with E-state index >= 15 is 0 Å². The molecule has 0 amide bonds. The van der Waals surface area contributed by atoms with E-state index in [1.165, 1.54) is 5.57 Å². The number of aliphatic hydroxyl groups is 1. The van der Waals surface area contributed by atoms with Gasteiger partial charge in [-0.15, -0.1) is 0 Å². The maximum Gasteiger partial charge on any atom is 0.174 e. The van der Waals surface area contributed by atoms with Crippen molar-refractivity contribution in [2.45, 2.75) is 58.0 Å². The Morgan fingerprint density at radius 1 is 1.17 bits per heavy atom. The molecule has 2 fully saturated rings. The topological polar surface area (TPSA) is 37.3 Å². The number of aliphatic hydroxyl groups excluding tert-OH is 1. The van der Waals surface area contributed by atoms with Gasteiger partial charge in [-0.25, -0.2) is 0 Å². The molecule has 0 aliphatic heterocycles. The Balaban J connectivity index is 1.67. The average molecular weight is 355 g/mol. The number of rotatable bonds is 0. The van der Waals surface area contributed by atoms with Gasteiger partial charge in [0.25, 0.3) is 0 Å². The van der Waals surface area contributed by atoms with Gasteiger partial charge in [0, 0.05) is 16.9 Å². The van der Waals surface area contributed by atoms with E-state index in [4.69, 9.17) is 23.2 Å². The van der Waals surface area contributed by atoms with Crippen LogP contribution >= 0.6 is 23.2 Å². The standard InChI is InChI=1S/C19H24Cl2O2/c1-19-9-8-11-10-4-7-16(22)17(21)13(10)3-2-12(11)14(19)5-6-15(20)18(19)23/h6,10-12,14,18,23H,2-5,7-9H2,1H3/t10-,11-,12-,14+,18?,19+/m1/s1. The van der Waals surface area contributed by atoms with Crippen molar-refractivity contribution in [3.63, 3.8) is 0 Å². The van der Waals surface area contributed by atoms with Crippen molar-refractivity contribution >= 4 is 29.0 Å². The van der Waals surface area contributed by atoms with E-state index in [1.54, 1.807) is 0 Å². The molecule has 1 N–H and O–H groups in total. The number of fused-ring (bicyclic) bond motifs is 5. The Bertz CT molecular complexity index is 608. The molecule has 0 aromatic heterocycles. The summed E-state index contributed by atoms with van der Waals surface area (Å²) in [6.45, 7) is 2.22. The van der Waals surface area contributed by atoms with Gasteiger partial charge in [0.15, 0.2) is 5.78 Å². The first-order valence-corrected chi connectivity index (χ1v) is 9.64. The van der Waals surface area contributed by atoms with E-state index < -0.39 is 6.10 Å². The number of halogens is 2. The van der Waals surface area contributed by atoms with Crippen molar-refractivity contribution in [2.24, 2.45) is 29.1 Å². The molecule has 6 atom stereocenters. The van der Waals surface area contributed by atoms with Crippen LogP contribution in [0.5, 0.6) is 0 Å². The van der Waals surface area contributed by atoms with Crippen molar-refractivity contribution in [1.29, 1.82) is 0 Å². The van der Waals surface area contributed by atoms with Crippen LogP contribution in [0.4, 0.5) is 0 Å². The van der Waals surface area contributed by atoms with Gasteiger partial charge in [-0.3, -0.25) is 4.79 Å². The Morgan fingerprint density at radius 3 is 2.74 bits per heavy atom. The highest BCUT2D eigenvalue weighted by atomic mass is 35.5. The first-order chi connectivity index (χ1) is 10.9. The van der Waals surface area contributed by atoms with Gasteiger partial charge in [-0.05, 0) is 67.8 Å². The lowest BCUT2D eigenvalue weighted by atomic mass is 9.49. The van der Waals surface area contributed by atoms with E-state index in [0.29, 0.717) is 40.2 Å². The molecule has 126 valence electrons. The van der Waals surface area contributed by atoms with Gasteiger partial charge in [0.1, 0.15) is 0 Å². The SMILES string of the molecule is C[C@]12CC[C@H]3[C@@H](CCC4=C(Cl)C(=O)CC[C@@H]43)[C@@H]1CC=C(Cl)C2O. The predicted octanol–water partition coefficient (Wildman–Crippen LogP) is 4.79. The molecule has 23 heavy (non-hydrogen) atoms. The maximum absolute atomic E-state index is 11.9. The van der Waals surface area contributed by atoms with Crippen LogP contribution in [-0.2, 0) is 4.79 Å². The summed E-state index contributed by atoms with van der Waals surface area (Å²) >= 11 is 12.6. The zero-order chi connectivity index (χ0) is 16.4. The Hall–Kier alpha value is -0.310. The van der Waals surface area contributed by atoms with E-state index in [2.05, 4.69) is 6.92 Å². The number of carbonyl (C=O) groups excluding carboxylic acids is 1. The third-order valence-corrected chi connectivity index (χ3v) is 8.12. The number of ketones is 1. The molecule has 0 bridgehead atoms. The molecule has 4 aliphatic rings. The number of hydrogen-bond acceptors (Lipinski definition) is 2. The molecule has 0 heterocycles. The predicted molar refractivity (Wildman–Crippen MR) is 92.2 cm³/mol. The van der Waals surface area contributed by atoms with Crippen LogP contribution in [0.1, 0.15) is 51.9 Å². The highest BCUT2D eigenvalue weighted by molar-refractivity contribution is 6.43. The first-order valence-electron chi connectivity index (χ1n) is 8.89. The fourth-order valence-corrected chi connectivity index (χ4v) is 6.70. The average Bonchev–Trinajstić information content (AvgIpc) is 2.54. The van der Waals surface area contributed by atoms with Gasteiger partial charge < -0.3 is 5.11 Å².